The van der Waals surface area contributed by atoms with E-state index in [4.69, 9.17) is 5.11 Å². The van der Waals surface area contributed by atoms with Crippen molar-refractivity contribution in [3.8, 4) is 17.6 Å². The number of pyridine rings is 1. The van der Waals surface area contributed by atoms with E-state index < -0.39 is 0 Å². The first-order valence-corrected chi connectivity index (χ1v) is 3.93. The molecule has 0 radical (unpaired) electrons. The van der Waals surface area contributed by atoms with Crippen LogP contribution in [-0.2, 0) is 9.53 Å². The molecule has 4 nitrogen and oxygen atoms in total. The molecule has 0 aliphatic heterocycles. The summed E-state index contributed by atoms with van der Waals surface area (Å²) in [7, 11) is 1.31. The van der Waals surface area contributed by atoms with Crippen LogP contribution in [0.2, 0.25) is 0 Å². The maximum Gasteiger partial charge on any atom is 0.317 e. The van der Waals surface area contributed by atoms with Crippen LogP contribution < -0.4 is 0 Å². The number of hydrogen-bond acceptors (Lipinski definition) is 4. The minimum atomic E-state index is -0.378. The standard InChI is InChI=1S/C10H9NO3/c1-14-10(13)4-2-3-8-5-6-9(12)7-11-8/h5-7,12H,4H2,1H3. The zero-order valence-corrected chi connectivity index (χ0v) is 7.65. The number of aromatic hydroxyl groups is 1. The van der Waals surface area contributed by atoms with Crippen LogP contribution in [0.4, 0.5) is 0 Å². The molecule has 72 valence electrons. The summed E-state index contributed by atoms with van der Waals surface area (Å²) in [5.74, 6) is 4.98. The molecule has 1 aromatic heterocycles. The number of rotatable bonds is 1. The van der Waals surface area contributed by atoms with Crippen LogP contribution in [0.15, 0.2) is 18.3 Å². The third-order valence-electron chi connectivity index (χ3n) is 1.42. The Labute approximate surface area is 81.5 Å². The van der Waals surface area contributed by atoms with Crippen molar-refractivity contribution >= 4 is 5.97 Å². The Bertz CT molecular complexity index is 373. The van der Waals surface area contributed by atoms with E-state index in [1.807, 2.05) is 0 Å². The van der Waals surface area contributed by atoms with Gasteiger partial charge >= 0.3 is 5.97 Å². The van der Waals surface area contributed by atoms with Gasteiger partial charge in [-0.25, -0.2) is 4.98 Å². The Morgan fingerprint density at radius 1 is 1.64 bits per heavy atom. The lowest BCUT2D eigenvalue weighted by molar-refractivity contribution is -0.139. The van der Waals surface area contributed by atoms with Gasteiger partial charge in [0.15, 0.2) is 0 Å². The van der Waals surface area contributed by atoms with Crippen LogP contribution in [0.5, 0.6) is 5.75 Å². The molecule has 1 aromatic rings. The predicted octanol–water partition coefficient (Wildman–Crippen LogP) is 0.702. The molecule has 0 amide bonds. The molecule has 0 aliphatic rings. The molecule has 0 atom stereocenters. The fourth-order valence-corrected chi connectivity index (χ4v) is 0.739. The molecule has 0 saturated carbocycles. The molecule has 1 heterocycles. The zero-order valence-electron chi connectivity index (χ0n) is 7.65. The lowest BCUT2D eigenvalue weighted by Crippen LogP contribution is -1.97. The summed E-state index contributed by atoms with van der Waals surface area (Å²) in [5, 5.41) is 8.92. The van der Waals surface area contributed by atoms with Crippen molar-refractivity contribution in [3.05, 3.63) is 24.0 Å². The van der Waals surface area contributed by atoms with E-state index in [9.17, 15) is 4.79 Å². The van der Waals surface area contributed by atoms with Crippen molar-refractivity contribution in [1.29, 1.82) is 0 Å². The SMILES string of the molecule is COC(=O)CC#Cc1ccc(O)cn1. The lowest BCUT2D eigenvalue weighted by atomic mass is 10.3. The third-order valence-corrected chi connectivity index (χ3v) is 1.42. The molecule has 1 N–H and O–H groups in total. The Balaban J connectivity index is 2.59. The summed E-state index contributed by atoms with van der Waals surface area (Å²) in [4.78, 5) is 14.5. The van der Waals surface area contributed by atoms with Gasteiger partial charge in [0.25, 0.3) is 0 Å². The second kappa shape index (κ2) is 4.87. The molecule has 1 rings (SSSR count). The molecular formula is C10H9NO3. The maximum atomic E-state index is 10.7. The number of carbonyl (C=O) groups is 1. The first-order chi connectivity index (χ1) is 6.72. The Hall–Kier alpha value is -2.02. The van der Waals surface area contributed by atoms with E-state index in [0.29, 0.717) is 5.69 Å². The van der Waals surface area contributed by atoms with Crippen LogP contribution in [0.1, 0.15) is 12.1 Å². The van der Waals surface area contributed by atoms with E-state index in [1.165, 1.54) is 19.4 Å². The summed E-state index contributed by atoms with van der Waals surface area (Å²) >= 11 is 0. The fourth-order valence-electron chi connectivity index (χ4n) is 0.739. The Morgan fingerprint density at radius 3 is 3.00 bits per heavy atom. The first-order valence-electron chi connectivity index (χ1n) is 3.93. The number of esters is 1. The van der Waals surface area contributed by atoms with Crippen molar-refractivity contribution in [3.63, 3.8) is 0 Å². The van der Waals surface area contributed by atoms with Crippen molar-refractivity contribution < 1.29 is 14.6 Å². The second-order valence-corrected chi connectivity index (χ2v) is 2.46. The quantitative estimate of drug-likeness (QED) is 0.524. The average Bonchev–Trinajstić information content (AvgIpc) is 2.21. The van der Waals surface area contributed by atoms with Crippen LogP contribution in [0.3, 0.4) is 0 Å². The average molecular weight is 191 g/mol. The number of carbonyl (C=O) groups excluding carboxylic acids is 1. The summed E-state index contributed by atoms with van der Waals surface area (Å²) in [6, 6.07) is 3.05. The van der Waals surface area contributed by atoms with E-state index in [2.05, 4.69) is 21.6 Å². The molecular weight excluding hydrogens is 182 g/mol. The van der Waals surface area contributed by atoms with Crippen molar-refractivity contribution in [2.45, 2.75) is 6.42 Å². The maximum absolute atomic E-state index is 10.7. The lowest BCUT2D eigenvalue weighted by Gasteiger charge is -1.91. The second-order valence-electron chi connectivity index (χ2n) is 2.46. The number of methoxy groups -OCH3 is 1. The van der Waals surface area contributed by atoms with Gasteiger partial charge < -0.3 is 9.84 Å². The van der Waals surface area contributed by atoms with E-state index in [0.717, 1.165) is 0 Å². The summed E-state index contributed by atoms with van der Waals surface area (Å²) in [6.45, 7) is 0. The number of nitrogens with zero attached hydrogens (tertiary/aromatic N) is 1. The van der Waals surface area contributed by atoms with Crippen LogP contribution in [0, 0.1) is 11.8 Å². The van der Waals surface area contributed by atoms with Gasteiger partial charge in [-0.3, -0.25) is 4.79 Å². The largest absolute Gasteiger partial charge is 0.506 e. The zero-order chi connectivity index (χ0) is 10.4. The van der Waals surface area contributed by atoms with Gasteiger partial charge in [-0.1, -0.05) is 5.92 Å². The van der Waals surface area contributed by atoms with Crippen LogP contribution >= 0.6 is 0 Å². The van der Waals surface area contributed by atoms with E-state index >= 15 is 0 Å². The highest BCUT2D eigenvalue weighted by Crippen LogP contribution is 2.04. The van der Waals surface area contributed by atoms with Gasteiger partial charge in [0.1, 0.15) is 17.9 Å². The molecule has 0 spiro atoms. The third kappa shape index (κ3) is 3.15. The van der Waals surface area contributed by atoms with Gasteiger partial charge in [0.05, 0.1) is 13.3 Å². The number of hydrogen-bond donors (Lipinski definition) is 1. The molecule has 0 aromatic carbocycles. The summed E-state index contributed by atoms with van der Waals surface area (Å²) in [6.07, 6.45) is 1.33. The number of ether oxygens (including phenoxy) is 1. The smallest absolute Gasteiger partial charge is 0.317 e. The topological polar surface area (TPSA) is 59.4 Å². The van der Waals surface area contributed by atoms with Crippen molar-refractivity contribution in [2.75, 3.05) is 7.11 Å². The van der Waals surface area contributed by atoms with Crippen LogP contribution in [0.25, 0.3) is 0 Å². The van der Waals surface area contributed by atoms with Gasteiger partial charge in [0.2, 0.25) is 0 Å². The van der Waals surface area contributed by atoms with Gasteiger partial charge in [-0.2, -0.15) is 0 Å². The minimum Gasteiger partial charge on any atom is -0.506 e. The van der Waals surface area contributed by atoms with Crippen molar-refractivity contribution in [1.82, 2.24) is 4.98 Å². The van der Waals surface area contributed by atoms with Gasteiger partial charge in [-0.05, 0) is 18.1 Å². The fraction of sp³-hybridized carbons (Fsp3) is 0.200. The molecule has 0 saturated heterocycles. The summed E-state index contributed by atoms with van der Waals surface area (Å²) in [5.41, 5.74) is 0.506. The van der Waals surface area contributed by atoms with Crippen LogP contribution in [-0.4, -0.2) is 23.2 Å². The highest BCUT2D eigenvalue weighted by Gasteiger charge is 1.94. The highest BCUT2D eigenvalue weighted by molar-refractivity contribution is 5.72. The normalized spacial score (nSPS) is 8.64. The monoisotopic (exact) mass is 191 g/mol. The van der Waals surface area contributed by atoms with Gasteiger partial charge in [-0.15, -0.1) is 0 Å². The van der Waals surface area contributed by atoms with Crippen molar-refractivity contribution in [2.24, 2.45) is 0 Å². The van der Waals surface area contributed by atoms with E-state index in [-0.39, 0.29) is 18.1 Å². The molecule has 0 aliphatic carbocycles. The molecule has 14 heavy (non-hydrogen) atoms. The molecule has 4 heteroatoms. The van der Waals surface area contributed by atoms with E-state index in [1.54, 1.807) is 6.07 Å². The summed E-state index contributed by atoms with van der Waals surface area (Å²) < 4.78 is 4.41. The Kier molecular flexibility index (Phi) is 3.50. The minimum absolute atomic E-state index is 0.0407. The molecule has 0 bridgehead atoms. The van der Waals surface area contributed by atoms with Gasteiger partial charge in [0, 0.05) is 0 Å². The number of aromatic nitrogens is 1. The predicted molar refractivity (Wildman–Crippen MR) is 49.4 cm³/mol. The molecule has 0 fully saturated rings. The molecule has 0 unspecified atom stereocenters. The Morgan fingerprint density at radius 2 is 2.43 bits per heavy atom. The first kappa shape index (κ1) is 10.1. The highest BCUT2D eigenvalue weighted by atomic mass is 16.5.